The van der Waals surface area contributed by atoms with Crippen LogP contribution in [0.4, 0.5) is 0 Å². The summed E-state index contributed by atoms with van der Waals surface area (Å²) < 4.78 is 1.59. The van der Waals surface area contributed by atoms with E-state index in [1.807, 2.05) is 0 Å². The molecule has 1 aromatic heterocycles. The Morgan fingerprint density at radius 2 is 2.56 bits per heavy atom. The monoisotopic (exact) mass is 127 g/mol. The maximum absolute atomic E-state index is 8.84. The molecule has 1 rings (SSSR count). The van der Waals surface area contributed by atoms with E-state index in [2.05, 4.69) is 10.1 Å². The third-order valence-corrected chi connectivity index (χ3v) is 0.918. The lowest BCUT2D eigenvalue weighted by Crippen LogP contribution is -2.11. The minimum Gasteiger partial charge on any atom is -0.391 e. The lowest BCUT2D eigenvalue weighted by Gasteiger charge is -2.00. The fourth-order valence-corrected chi connectivity index (χ4v) is 0.598. The minimum absolute atomic E-state index is 0.355. The van der Waals surface area contributed by atoms with Crippen LogP contribution in [0.3, 0.4) is 0 Å². The summed E-state index contributed by atoms with van der Waals surface area (Å²) in [4.78, 5) is 3.72. The maximum Gasteiger partial charge on any atom is 0.137 e. The van der Waals surface area contributed by atoms with Gasteiger partial charge < -0.3 is 5.11 Å². The number of aliphatic hydroxyl groups is 1. The predicted molar refractivity (Wildman–Crippen MR) is 31.7 cm³/mol. The van der Waals surface area contributed by atoms with E-state index in [1.165, 1.54) is 6.33 Å². The fourth-order valence-electron chi connectivity index (χ4n) is 0.598. The highest BCUT2D eigenvalue weighted by molar-refractivity contribution is 4.57. The van der Waals surface area contributed by atoms with Crippen LogP contribution >= 0.6 is 0 Å². The standard InChI is InChI=1S/C5H9N3O/c1-5(9)2-8-4-6-3-7-8/h3-5,9H,2H2,1H3/t5-/m0/s1. The van der Waals surface area contributed by atoms with Crippen molar-refractivity contribution >= 4 is 0 Å². The van der Waals surface area contributed by atoms with Gasteiger partial charge in [0.05, 0.1) is 12.6 Å². The van der Waals surface area contributed by atoms with Gasteiger partial charge in [-0.3, -0.25) is 4.68 Å². The Hall–Kier alpha value is -0.900. The molecule has 0 saturated carbocycles. The molecule has 1 N–H and O–H groups in total. The molecule has 0 unspecified atom stereocenters. The summed E-state index contributed by atoms with van der Waals surface area (Å²) in [5, 5.41) is 12.6. The molecule has 0 aromatic carbocycles. The van der Waals surface area contributed by atoms with Crippen LogP contribution in [0.1, 0.15) is 6.92 Å². The van der Waals surface area contributed by atoms with E-state index in [1.54, 1.807) is 17.9 Å². The lowest BCUT2D eigenvalue weighted by atomic mass is 10.4. The van der Waals surface area contributed by atoms with Crippen molar-refractivity contribution in [2.75, 3.05) is 0 Å². The van der Waals surface area contributed by atoms with Crippen LogP contribution in [0, 0.1) is 0 Å². The van der Waals surface area contributed by atoms with Gasteiger partial charge in [-0.25, -0.2) is 4.98 Å². The summed E-state index contributed by atoms with van der Waals surface area (Å²) in [5.41, 5.74) is 0. The fraction of sp³-hybridized carbons (Fsp3) is 0.600. The van der Waals surface area contributed by atoms with Crippen molar-refractivity contribution in [2.24, 2.45) is 0 Å². The van der Waals surface area contributed by atoms with Gasteiger partial charge in [0.25, 0.3) is 0 Å². The zero-order chi connectivity index (χ0) is 6.69. The molecule has 4 nitrogen and oxygen atoms in total. The Kier molecular flexibility index (Phi) is 1.79. The number of rotatable bonds is 2. The van der Waals surface area contributed by atoms with Crippen molar-refractivity contribution in [3.05, 3.63) is 12.7 Å². The summed E-state index contributed by atoms with van der Waals surface area (Å²) in [5.74, 6) is 0. The molecule has 1 aromatic rings. The van der Waals surface area contributed by atoms with E-state index in [-0.39, 0.29) is 6.10 Å². The smallest absolute Gasteiger partial charge is 0.137 e. The van der Waals surface area contributed by atoms with Gasteiger partial charge in [0.1, 0.15) is 12.7 Å². The van der Waals surface area contributed by atoms with E-state index in [0.717, 1.165) is 0 Å². The largest absolute Gasteiger partial charge is 0.391 e. The van der Waals surface area contributed by atoms with Crippen LogP contribution in [0.15, 0.2) is 12.7 Å². The van der Waals surface area contributed by atoms with E-state index >= 15 is 0 Å². The van der Waals surface area contributed by atoms with Crippen LogP contribution in [-0.4, -0.2) is 26.0 Å². The Balaban J connectivity index is 2.48. The predicted octanol–water partition coefficient (Wildman–Crippen LogP) is -0.341. The molecule has 4 heteroatoms. The van der Waals surface area contributed by atoms with E-state index in [0.29, 0.717) is 6.54 Å². The molecule has 0 fully saturated rings. The first kappa shape index (κ1) is 6.22. The first-order valence-electron chi connectivity index (χ1n) is 2.79. The number of hydrogen-bond acceptors (Lipinski definition) is 3. The topological polar surface area (TPSA) is 50.9 Å². The van der Waals surface area contributed by atoms with Gasteiger partial charge in [-0.2, -0.15) is 5.10 Å². The molecular formula is C5H9N3O. The molecule has 0 aliphatic heterocycles. The van der Waals surface area contributed by atoms with Crippen molar-refractivity contribution in [2.45, 2.75) is 19.6 Å². The van der Waals surface area contributed by atoms with Gasteiger partial charge in [-0.1, -0.05) is 0 Å². The van der Waals surface area contributed by atoms with Crippen LogP contribution < -0.4 is 0 Å². The zero-order valence-electron chi connectivity index (χ0n) is 5.23. The van der Waals surface area contributed by atoms with Gasteiger partial charge >= 0.3 is 0 Å². The molecule has 0 bridgehead atoms. The first-order valence-corrected chi connectivity index (χ1v) is 2.79. The number of nitrogens with zero attached hydrogens (tertiary/aromatic N) is 3. The highest BCUT2D eigenvalue weighted by atomic mass is 16.3. The van der Waals surface area contributed by atoms with Crippen molar-refractivity contribution in [1.29, 1.82) is 0 Å². The van der Waals surface area contributed by atoms with E-state index in [9.17, 15) is 0 Å². The maximum atomic E-state index is 8.84. The van der Waals surface area contributed by atoms with E-state index in [4.69, 9.17) is 5.11 Å². The van der Waals surface area contributed by atoms with Crippen LogP contribution in [-0.2, 0) is 6.54 Å². The second-order valence-corrected chi connectivity index (χ2v) is 1.97. The molecule has 0 aliphatic rings. The van der Waals surface area contributed by atoms with Gasteiger partial charge in [-0.05, 0) is 6.92 Å². The van der Waals surface area contributed by atoms with E-state index < -0.39 is 0 Å². The lowest BCUT2D eigenvalue weighted by molar-refractivity contribution is 0.168. The molecule has 50 valence electrons. The molecule has 0 amide bonds. The molecule has 9 heavy (non-hydrogen) atoms. The van der Waals surface area contributed by atoms with Crippen LogP contribution in [0.25, 0.3) is 0 Å². The zero-order valence-corrected chi connectivity index (χ0v) is 5.23. The SMILES string of the molecule is C[C@H](O)Cn1cncn1. The summed E-state index contributed by atoms with van der Waals surface area (Å²) in [7, 11) is 0. The van der Waals surface area contributed by atoms with Crippen molar-refractivity contribution in [3.8, 4) is 0 Å². The number of hydrogen-bond donors (Lipinski definition) is 1. The third kappa shape index (κ3) is 1.81. The first-order chi connectivity index (χ1) is 4.29. The highest BCUT2D eigenvalue weighted by Crippen LogP contribution is 1.85. The van der Waals surface area contributed by atoms with Crippen molar-refractivity contribution < 1.29 is 5.11 Å². The molecular weight excluding hydrogens is 118 g/mol. The summed E-state index contributed by atoms with van der Waals surface area (Å²) in [6, 6.07) is 0. The van der Waals surface area contributed by atoms with Gasteiger partial charge in [0.15, 0.2) is 0 Å². The van der Waals surface area contributed by atoms with Gasteiger partial charge in [0, 0.05) is 0 Å². The van der Waals surface area contributed by atoms with Crippen LogP contribution in [0.5, 0.6) is 0 Å². The molecule has 0 aliphatic carbocycles. The average Bonchev–Trinajstić information content (AvgIpc) is 2.15. The normalized spacial score (nSPS) is 13.6. The molecule has 0 spiro atoms. The number of aromatic nitrogens is 3. The second-order valence-electron chi connectivity index (χ2n) is 1.97. The minimum atomic E-state index is -0.355. The quantitative estimate of drug-likeness (QED) is 0.591. The van der Waals surface area contributed by atoms with Crippen LogP contribution in [0.2, 0.25) is 0 Å². The highest BCUT2D eigenvalue weighted by Gasteiger charge is 1.95. The number of aliphatic hydroxyl groups excluding tert-OH is 1. The summed E-state index contributed by atoms with van der Waals surface area (Å²) >= 11 is 0. The second kappa shape index (κ2) is 2.59. The molecule has 0 radical (unpaired) electrons. The Bertz CT molecular complexity index is 159. The van der Waals surface area contributed by atoms with Gasteiger partial charge in [-0.15, -0.1) is 0 Å². The Morgan fingerprint density at radius 3 is 3.00 bits per heavy atom. The molecule has 1 atom stereocenters. The summed E-state index contributed by atoms with van der Waals surface area (Å²) in [6.07, 6.45) is 2.67. The Morgan fingerprint density at radius 1 is 1.78 bits per heavy atom. The van der Waals surface area contributed by atoms with Crippen molar-refractivity contribution in [1.82, 2.24) is 14.8 Å². The van der Waals surface area contributed by atoms with Gasteiger partial charge in [0.2, 0.25) is 0 Å². The van der Waals surface area contributed by atoms with Crippen molar-refractivity contribution in [3.63, 3.8) is 0 Å². The third-order valence-electron chi connectivity index (χ3n) is 0.918. The average molecular weight is 127 g/mol. The Labute approximate surface area is 53.1 Å². The summed E-state index contributed by atoms with van der Waals surface area (Å²) in [6.45, 7) is 2.22. The molecule has 1 heterocycles. The molecule has 0 saturated heterocycles.